The maximum atomic E-state index is 12.2. The summed E-state index contributed by atoms with van der Waals surface area (Å²) >= 11 is 11.9. The molecule has 1 aliphatic rings. The van der Waals surface area contributed by atoms with E-state index >= 15 is 0 Å². The van der Waals surface area contributed by atoms with Crippen LogP contribution in [0.25, 0.3) is 0 Å². The highest BCUT2D eigenvalue weighted by Crippen LogP contribution is 2.29. The summed E-state index contributed by atoms with van der Waals surface area (Å²) in [7, 11) is 0. The van der Waals surface area contributed by atoms with Crippen LogP contribution in [-0.2, 0) is 11.3 Å². The molecule has 1 saturated heterocycles. The number of nitrogens with zero attached hydrogens (tertiary/aromatic N) is 1. The maximum absolute atomic E-state index is 12.2. The van der Waals surface area contributed by atoms with Gasteiger partial charge in [-0.05, 0) is 38.1 Å². The number of halogens is 2. The zero-order valence-electron chi connectivity index (χ0n) is 14.7. The number of anilines is 1. The van der Waals surface area contributed by atoms with Gasteiger partial charge in [0.05, 0.1) is 22.3 Å². The Balaban J connectivity index is 1.55. The van der Waals surface area contributed by atoms with Crippen LogP contribution in [0.2, 0.25) is 10.0 Å². The summed E-state index contributed by atoms with van der Waals surface area (Å²) in [6, 6.07) is 6.32. The highest BCUT2D eigenvalue weighted by molar-refractivity contribution is 6.43. The third kappa shape index (κ3) is 5.48. The molecule has 0 bridgehead atoms. The molecule has 1 aromatic carbocycles. The Morgan fingerprint density at radius 3 is 2.74 bits per heavy atom. The van der Waals surface area contributed by atoms with Crippen LogP contribution in [0.5, 0.6) is 5.75 Å². The molecule has 27 heavy (non-hydrogen) atoms. The Kier molecular flexibility index (Phi) is 6.77. The minimum atomic E-state index is -0.462. The lowest BCUT2D eigenvalue weighted by atomic mass is 10.1. The van der Waals surface area contributed by atoms with Crippen LogP contribution < -0.4 is 15.5 Å². The number of piperidine rings is 1. The number of likely N-dealkylation sites (tertiary alicyclic amines) is 1. The second kappa shape index (κ2) is 9.26. The summed E-state index contributed by atoms with van der Waals surface area (Å²) in [5.41, 5.74) is 0.0588. The first-order chi connectivity index (χ1) is 13.0. The smallest absolute Gasteiger partial charge is 0.262 e. The molecule has 0 radical (unpaired) electrons. The zero-order chi connectivity index (χ0) is 19.2. The van der Waals surface area contributed by atoms with E-state index in [2.05, 4.69) is 10.2 Å². The van der Waals surface area contributed by atoms with Crippen LogP contribution in [0.4, 0.5) is 5.69 Å². The number of ether oxygens (including phenoxy) is 1. The Morgan fingerprint density at radius 2 is 2.00 bits per heavy atom. The molecule has 6 nitrogen and oxygen atoms in total. The van der Waals surface area contributed by atoms with Gasteiger partial charge in [-0.1, -0.05) is 35.7 Å². The van der Waals surface area contributed by atoms with Gasteiger partial charge in [0.15, 0.2) is 6.61 Å². The fourth-order valence-electron chi connectivity index (χ4n) is 2.89. The van der Waals surface area contributed by atoms with Crippen molar-refractivity contribution in [1.29, 1.82) is 0 Å². The van der Waals surface area contributed by atoms with Crippen molar-refractivity contribution in [1.82, 2.24) is 4.90 Å². The predicted octanol–water partition coefficient (Wildman–Crippen LogP) is 3.95. The third-order valence-electron chi connectivity index (χ3n) is 4.26. The van der Waals surface area contributed by atoms with Gasteiger partial charge in [0.25, 0.3) is 5.91 Å². The van der Waals surface area contributed by atoms with Gasteiger partial charge in [0.1, 0.15) is 12.0 Å². The number of amides is 1. The zero-order valence-corrected chi connectivity index (χ0v) is 16.2. The van der Waals surface area contributed by atoms with Crippen molar-refractivity contribution in [2.75, 3.05) is 25.0 Å². The van der Waals surface area contributed by atoms with Gasteiger partial charge in [-0.2, -0.15) is 0 Å². The van der Waals surface area contributed by atoms with Gasteiger partial charge in [0.2, 0.25) is 11.2 Å². The predicted molar refractivity (Wildman–Crippen MR) is 105 cm³/mol. The van der Waals surface area contributed by atoms with E-state index in [1.165, 1.54) is 18.8 Å². The Morgan fingerprint density at radius 1 is 1.22 bits per heavy atom. The highest BCUT2D eigenvalue weighted by Gasteiger charge is 2.14. The van der Waals surface area contributed by atoms with Crippen LogP contribution in [0.1, 0.15) is 25.0 Å². The Hall–Kier alpha value is -2.02. The fraction of sp³-hybridized carbons (Fsp3) is 0.368. The molecule has 0 spiro atoms. The average Bonchev–Trinajstić information content (AvgIpc) is 2.66. The molecule has 2 heterocycles. The first kappa shape index (κ1) is 19.7. The van der Waals surface area contributed by atoms with Gasteiger partial charge in [-0.25, -0.2) is 0 Å². The molecule has 3 rings (SSSR count). The van der Waals surface area contributed by atoms with Crippen molar-refractivity contribution in [3.05, 3.63) is 56.6 Å². The molecular formula is C19H20Cl2N2O4. The van der Waals surface area contributed by atoms with Crippen molar-refractivity contribution in [3.63, 3.8) is 0 Å². The summed E-state index contributed by atoms with van der Waals surface area (Å²) < 4.78 is 10.8. The molecule has 8 heteroatoms. The number of carbonyl (C=O) groups is 1. The van der Waals surface area contributed by atoms with E-state index in [4.69, 9.17) is 32.4 Å². The molecule has 1 N–H and O–H groups in total. The minimum absolute atomic E-state index is 0.00950. The number of nitrogens with one attached hydrogen (secondary N) is 1. The molecule has 0 saturated carbocycles. The minimum Gasteiger partial charge on any atom is -0.477 e. The molecule has 1 fully saturated rings. The van der Waals surface area contributed by atoms with E-state index in [0.717, 1.165) is 25.9 Å². The van der Waals surface area contributed by atoms with Crippen molar-refractivity contribution >= 4 is 34.8 Å². The van der Waals surface area contributed by atoms with Crippen LogP contribution in [0, 0.1) is 0 Å². The SMILES string of the molecule is O=C(COc1coc(CN2CCCCC2)cc1=O)Nc1cccc(Cl)c1Cl. The Labute approximate surface area is 167 Å². The van der Waals surface area contributed by atoms with Crippen LogP contribution >= 0.6 is 23.2 Å². The molecule has 1 amide bonds. The van der Waals surface area contributed by atoms with Crippen molar-refractivity contribution in [3.8, 4) is 5.75 Å². The molecule has 0 aliphatic carbocycles. The summed E-state index contributed by atoms with van der Waals surface area (Å²) in [5.74, 6) is 0.116. The third-order valence-corrected chi connectivity index (χ3v) is 5.08. The topological polar surface area (TPSA) is 71.8 Å². The van der Waals surface area contributed by atoms with Crippen LogP contribution in [-0.4, -0.2) is 30.5 Å². The van der Waals surface area contributed by atoms with Crippen LogP contribution in [0.3, 0.4) is 0 Å². The van der Waals surface area contributed by atoms with Crippen molar-refractivity contribution in [2.24, 2.45) is 0 Å². The summed E-state index contributed by atoms with van der Waals surface area (Å²) in [5, 5.41) is 3.16. The molecule has 1 aliphatic heterocycles. The second-order valence-electron chi connectivity index (χ2n) is 6.35. The molecule has 1 aromatic heterocycles. The van der Waals surface area contributed by atoms with Gasteiger partial charge in [0, 0.05) is 6.07 Å². The lowest BCUT2D eigenvalue weighted by molar-refractivity contribution is -0.118. The molecule has 0 atom stereocenters. The summed E-state index contributed by atoms with van der Waals surface area (Å²) in [4.78, 5) is 26.4. The van der Waals surface area contributed by atoms with Gasteiger partial charge < -0.3 is 14.5 Å². The van der Waals surface area contributed by atoms with E-state index in [1.54, 1.807) is 18.2 Å². The lowest BCUT2D eigenvalue weighted by Gasteiger charge is -2.25. The van der Waals surface area contributed by atoms with E-state index < -0.39 is 5.91 Å². The van der Waals surface area contributed by atoms with Gasteiger partial charge in [-0.15, -0.1) is 0 Å². The maximum Gasteiger partial charge on any atom is 0.262 e. The van der Waals surface area contributed by atoms with E-state index in [9.17, 15) is 9.59 Å². The van der Waals surface area contributed by atoms with E-state index in [1.807, 2.05) is 0 Å². The largest absolute Gasteiger partial charge is 0.477 e. The number of carbonyl (C=O) groups excluding carboxylic acids is 1. The number of benzene rings is 1. The monoisotopic (exact) mass is 410 g/mol. The highest BCUT2D eigenvalue weighted by atomic mass is 35.5. The number of hydrogen-bond acceptors (Lipinski definition) is 5. The second-order valence-corrected chi connectivity index (χ2v) is 7.14. The van der Waals surface area contributed by atoms with Crippen LogP contribution in [0.15, 0.2) is 39.7 Å². The van der Waals surface area contributed by atoms with Crippen molar-refractivity contribution in [2.45, 2.75) is 25.8 Å². The van der Waals surface area contributed by atoms with E-state index in [0.29, 0.717) is 23.0 Å². The van der Waals surface area contributed by atoms with Crippen molar-refractivity contribution < 1.29 is 13.9 Å². The normalized spacial score (nSPS) is 14.7. The molecule has 2 aromatic rings. The fourth-order valence-corrected chi connectivity index (χ4v) is 3.24. The number of hydrogen-bond donors (Lipinski definition) is 1. The molecular weight excluding hydrogens is 391 g/mol. The average molecular weight is 411 g/mol. The van der Waals surface area contributed by atoms with Gasteiger partial charge >= 0.3 is 0 Å². The Bertz CT molecular complexity index is 863. The van der Waals surface area contributed by atoms with E-state index in [-0.39, 0.29) is 22.8 Å². The molecule has 0 unspecified atom stereocenters. The number of rotatable bonds is 6. The summed E-state index contributed by atoms with van der Waals surface area (Å²) in [6.45, 7) is 2.27. The lowest BCUT2D eigenvalue weighted by Crippen LogP contribution is -2.29. The standard InChI is InChI=1S/C19H20Cl2N2O4/c20-14-5-4-6-15(19(14)21)22-18(25)12-27-17-11-26-13(9-16(17)24)10-23-7-2-1-3-8-23/h4-6,9,11H,1-3,7-8,10,12H2,(H,22,25). The summed E-state index contributed by atoms with van der Waals surface area (Å²) in [6.07, 6.45) is 4.82. The quantitative estimate of drug-likeness (QED) is 0.780. The molecule has 144 valence electrons. The first-order valence-corrected chi connectivity index (χ1v) is 9.49. The van der Waals surface area contributed by atoms with Gasteiger partial charge in [-0.3, -0.25) is 14.5 Å². The first-order valence-electron chi connectivity index (χ1n) is 8.73.